The number of aromatic hydroxyl groups is 1. The summed E-state index contributed by atoms with van der Waals surface area (Å²) in [5, 5.41) is 12.5. The normalized spacial score (nSPS) is 18.7. The van der Waals surface area contributed by atoms with Gasteiger partial charge in [-0.1, -0.05) is 24.3 Å². The quantitative estimate of drug-likeness (QED) is 0.814. The average molecular weight is 365 g/mol. The Balaban J connectivity index is 1.65. The zero-order valence-electron chi connectivity index (χ0n) is 14.6. The molecule has 0 saturated carbocycles. The highest BCUT2D eigenvalue weighted by molar-refractivity contribution is 6.13. The number of rotatable bonds is 3. The third kappa shape index (κ3) is 3.01. The molecule has 1 saturated heterocycles. The zero-order valence-corrected chi connectivity index (χ0v) is 14.6. The molecule has 4 rings (SSSR count). The van der Waals surface area contributed by atoms with Gasteiger partial charge in [0.1, 0.15) is 18.3 Å². The molecule has 2 N–H and O–H groups in total. The van der Waals surface area contributed by atoms with E-state index in [-0.39, 0.29) is 29.8 Å². The second-order valence-electron chi connectivity index (χ2n) is 6.66. The first kappa shape index (κ1) is 17.1. The van der Waals surface area contributed by atoms with Crippen LogP contribution in [0.25, 0.3) is 0 Å². The molecule has 7 heteroatoms. The topological polar surface area (TPSA) is 90.0 Å². The van der Waals surface area contributed by atoms with Crippen molar-refractivity contribution in [3.63, 3.8) is 0 Å². The van der Waals surface area contributed by atoms with Crippen molar-refractivity contribution in [1.82, 2.24) is 4.90 Å². The number of hydrogen-bond donors (Lipinski definition) is 2. The first-order valence-electron chi connectivity index (χ1n) is 8.85. The molecule has 2 aromatic carbocycles. The Bertz CT molecular complexity index is 927. The highest BCUT2D eigenvalue weighted by Crippen LogP contribution is 2.32. The van der Waals surface area contributed by atoms with Crippen LogP contribution in [-0.4, -0.2) is 46.9 Å². The predicted octanol–water partition coefficient (Wildman–Crippen LogP) is 1.98. The van der Waals surface area contributed by atoms with E-state index in [4.69, 9.17) is 0 Å². The van der Waals surface area contributed by atoms with E-state index in [0.29, 0.717) is 24.2 Å². The zero-order chi connectivity index (χ0) is 19.0. The van der Waals surface area contributed by atoms with Crippen molar-refractivity contribution in [3.8, 4) is 5.75 Å². The molecule has 2 heterocycles. The lowest BCUT2D eigenvalue weighted by Crippen LogP contribution is -2.47. The Kier molecular flexibility index (Phi) is 4.27. The Hall–Kier alpha value is -3.35. The fourth-order valence-electron chi connectivity index (χ4n) is 3.69. The van der Waals surface area contributed by atoms with Crippen molar-refractivity contribution < 1.29 is 19.5 Å². The molecule has 2 aromatic rings. The van der Waals surface area contributed by atoms with Crippen LogP contribution in [-0.2, 0) is 9.59 Å². The summed E-state index contributed by atoms with van der Waals surface area (Å²) in [4.78, 5) is 41.5. The van der Waals surface area contributed by atoms with Crippen LogP contribution in [0.2, 0.25) is 0 Å². The number of phenols is 1. The number of amides is 3. The summed E-state index contributed by atoms with van der Waals surface area (Å²) in [7, 11) is 0. The van der Waals surface area contributed by atoms with Crippen LogP contribution in [0.3, 0.4) is 0 Å². The largest absolute Gasteiger partial charge is 0.506 e. The molecule has 3 amide bonds. The lowest BCUT2D eigenvalue weighted by Gasteiger charge is -2.25. The van der Waals surface area contributed by atoms with Crippen LogP contribution in [0.5, 0.6) is 5.75 Å². The second-order valence-corrected chi connectivity index (χ2v) is 6.66. The van der Waals surface area contributed by atoms with E-state index < -0.39 is 11.9 Å². The molecule has 7 nitrogen and oxygen atoms in total. The van der Waals surface area contributed by atoms with Gasteiger partial charge < -0.3 is 20.2 Å². The first-order valence-corrected chi connectivity index (χ1v) is 8.85. The van der Waals surface area contributed by atoms with Crippen molar-refractivity contribution in [2.45, 2.75) is 18.9 Å². The lowest BCUT2D eigenvalue weighted by atomic mass is 10.1. The molecule has 0 aliphatic carbocycles. The molecule has 0 aromatic heterocycles. The van der Waals surface area contributed by atoms with E-state index in [2.05, 4.69) is 5.32 Å². The number of phenolic OH excluding ortho intramolecular Hbond substituents is 1. The Labute approximate surface area is 156 Å². The molecule has 1 fully saturated rings. The van der Waals surface area contributed by atoms with Crippen LogP contribution in [0, 0.1) is 0 Å². The van der Waals surface area contributed by atoms with Crippen molar-refractivity contribution in [2.24, 2.45) is 0 Å². The molecule has 0 bridgehead atoms. The van der Waals surface area contributed by atoms with Gasteiger partial charge >= 0.3 is 0 Å². The molecule has 0 unspecified atom stereocenters. The van der Waals surface area contributed by atoms with E-state index in [1.165, 1.54) is 11.0 Å². The van der Waals surface area contributed by atoms with E-state index in [1.54, 1.807) is 47.4 Å². The van der Waals surface area contributed by atoms with Gasteiger partial charge in [0.2, 0.25) is 11.8 Å². The van der Waals surface area contributed by atoms with Gasteiger partial charge in [0, 0.05) is 6.54 Å². The van der Waals surface area contributed by atoms with Crippen LogP contribution < -0.4 is 10.2 Å². The minimum Gasteiger partial charge on any atom is -0.506 e. The molecular formula is C20H19N3O4. The average Bonchev–Trinajstić information content (AvgIpc) is 3.14. The summed E-state index contributed by atoms with van der Waals surface area (Å²) in [6, 6.07) is 12.7. The SMILES string of the molecule is O=C(CN1C(=O)[C@@H]2CCCN2C(=O)c2ccccc21)Nc1ccccc1O. The lowest BCUT2D eigenvalue weighted by molar-refractivity contribution is -0.124. The summed E-state index contributed by atoms with van der Waals surface area (Å²) < 4.78 is 0. The highest BCUT2D eigenvalue weighted by atomic mass is 16.3. The molecule has 1 atom stereocenters. The van der Waals surface area contributed by atoms with E-state index in [0.717, 1.165) is 6.42 Å². The molecular weight excluding hydrogens is 346 g/mol. The van der Waals surface area contributed by atoms with Gasteiger partial charge in [0.15, 0.2) is 0 Å². The number of nitrogens with one attached hydrogen (secondary N) is 1. The fourth-order valence-corrected chi connectivity index (χ4v) is 3.69. The van der Waals surface area contributed by atoms with Crippen LogP contribution in [0.15, 0.2) is 48.5 Å². The summed E-state index contributed by atoms with van der Waals surface area (Å²) in [6.45, 7) is 0.309. The van der Waals surface area contributed by atoms with Gasteiger partial charge in [-0.05, 0) is 37.1 Å². The van der Waals surface area contributed by atoms with E-state index >= 15 is 0 Å². The predicted molar refractivity (Wildman–Crippen MR) is 99.6 cm³/mol. The van der Waals surface area contributed by atoms with Crippen molar-refractivity contribution >= 4 is 29.1 Å². The first-order chi connectivity index (χ1) is 13.1. The van der Waals surface area contributed by atoms with E-state index in [9.17, 15) is 19.5 Å². The summed E-state index contributed by atoms with van der Waals surface area (Å²) in [5.74, 6) is -0.924. The van der Waals surface area contributed by atoms with Gasteiger partial charge in [0.25, 0.3) is 5.91 Å². The minimum absolute atomic E-state index is 0.0504. The third-order valence-corrected chi connectivity index (χ3v) is 4.97. The van der Waals surface area contributed by atoms with Crippen LogP contribution >= 0.6 is 0 Å². The summed E-state index contributed by atoms with van der Waals surface area (Å²) >= 11 is 0. The number of fused-ring (bicyclic) bond motifs is 2. The second kappa shape index (κ2) is 6.75. The number of carbonyl (C=O) groups is 3. The van der Waals surface area contributed by atoms with Gasteiger partial charge in [-0.3, -0.25) is 14.4 Å². The molecule has 2 aliphatic heterocycles. The maximum Gasteiger partial charge on any atom is 0.256 e. The maximum absolute atomic E-state index is 13.1. The van der Waals surface area contributed by atoms with Crippen LogP contribution in [0.1, 0.15) is 23.2 Å². The molecule has 2 aliphatic rings. The fraction of sp³-hybridized carbons (Fsp3) is 0.250. The minimum atomic E-state index is -0.539. The number of anilines is 2. The van der Waals surface area contributed by atoms with Crippen molar-refractivity contribution in [1.29, 1.82) is 0 Å². The van der Waals surface area contributed by atoms with Gasteiger partial charge in [0.05, 0.1) is 16.9 Å². The van der Waals surface area contributed by atoms with Gasteiger partial charge in [-0.2, -0.15) is 0 Å². The molecule has 0 spiro atoms. The Morgan fingerprint density at radius 3 is 2.67 bits per heavy atom. The van der Waals surface area contributed by atoms with Crippen molar-refractivity contribution in [2.75, 3.05) is 23.3 Å². The molecule has 27 heavy (non-hydrogen) atoms. The smallest absolute Gasteiger partial charge is 0.256 e. The number of benzene rings is 2. The Morgan fingerprint density at radius 2 is 1.85 bits per heavy atom. The number of hydrogen-bond acceptors (Lipinski definition) is 4. The monoisotopic (exact) mass is 365 g/mol. The number of nitrogens with zero attached hydrogens (tertiary/aromatic N) is 2. The Morgan fingerprint density at radius 1 is 1.11 bits per heavy atom. The maximum atomic E-state index is 13.1. The van der Waals surface area contributed by atoms with Gasteiger partial charge in [-0.25, -0.2) is 0 Å². The summed E-state index contributed by atoms with van der Waals surface area (Å²) in [5.41, 5.74) is 1.14. The van der Waals surface area contributed by atoms with E-state index in [1.807, 2.05) is 0 Å². The van der Waals surface area contributed by atoms with Crippen molar-refractivity contribution in [3.05, 3.63) is 54.1 Å². The summed E-state index contributed by atoms with van der Waals surface area (Å²) in [6.07, 6.45) is 1.36. The standard InChI is InChI=1S/C20H19N3O4/c24-17-10-4-2-7-14(17)21-18(25)12-23-15-8-3-1-6-13(15)19(26)22-11-5-9-16(22)20(23)27/h1-4,6-8,10,16,24H,5,9,11-12H2,(H,21,25)/t16-/m0/s1. The third-order valence-electron chi connectivity index (χ3n) is 4.97. The van der Waals surface area contributed by atoms with Crippen LogP contribution in [0.4, 0.5) is 11.4 Å². The molecule has 0 radical (unpaired) electrons. The number of para-hydroxylation sites is 3. The van der Waals surface area contributed by atoms with Gasteiger partial charge in [-0.15, -0.1) is 0 Å². The number of carbonyl (C=O) groups excluding carboxylic acids is 3. The molecule has 138 valence electrons. The highest BCUT2D eigenvalue weighted by Gasteiger charge is 2.42.